The maximum absolute atomic E-state index is 13.7. The average molecular weight is 482 g/mol. The molecular formula is C27H39N5O3. The van der Waals surface area contributed by atoms with E-state index in [4.69, 9.17) is 11.1 Å². The number of nitrogens with one attached hydrogen (secondary N) is 1. The van der Waals surface area contributed by atoms with Gasteiger partial charge in [-0.05, 0) is 76.3 Å². The largest absolute Gasteiger partial charge is 0.480 e. The first kappa shape index (κ1) is 25.2. The SMILES string of the molecule is CCn1c(CC[C@@H]2CCCN2C(=O)[C@H]2CCCN2C(C)(CC)C(=O)O)cc2ccc(C(=N)N)cc21. The molecule has 2 saturated heterocycles. The highest BCUT2D eigenvalue weighted by Crippen LogP contribution is 2.33. The van der Waals surface area contributed by atoms with Gasteiger partial charge in [0, 0.05) is 42.5 Å². The number of carboxylic acids is 1. The number of rotatable bonds is 9. The smallest absolute Gasteiger partial charge is 0.323 e. The van der Waals surface area contributed by atoms with Gasteiger partial charge in [-0.25, -0.2) is 0 Å². The van der Waals surface area contributed by atoms with Gasteiger partial charge >= 0.3 is 5.97 Å². The molecule has 3 atom stereocenters. The number of hydrogen-bond acceptors (Lipinski definition) is 4. The topological polar surface area (TPSA) is 116 Å². The Balaban J connectivity index is 1.50. The van der Waals surface area contributed by atoms with E-state index in [1.165, 1.54) is 5.69 Å². The van der Waals surface area contributed by atoms with Gasteiger partial charge in [-0.15, -0.1) is 0 Å². The van der Waals surface area contributed by atoms with Gasteiger partial charge < -0.3 is 20.3 Å². The molecule has 1 aromatic carbocycles. The first-order chi connectivity index (χ1) is 16.7. The van der Waals surface area contributed by atoms with Gasteiger partial charge in [0.1, 0.15) is 11.4 Å². The monoisotopic (exact) mass is 481 g/mol. The lowest BCUT2D eigenvalue weighted by molar-refractivity contribution is -0.154. The summed E-state index contributed by atoms with van der Waals surface area (Å²) in [5.74, 6) is -0.675. The van der Waals surface area contributed by atoms with Crippen molar-refractivity contribution < 1.29 is 14.7 Å². The fourth-order valence-corrected chi connectivity index (χ4v) is 6.08. The molecule has 4 rings (SSSR count). The Morgan fingerprint density at radius 2 is 1.91 bits per heavy atom. The molecule has 0 radical (unpaired) electrons. The molecule has 190 valence electrons. The molecule has 1 aromatic heterocycles. The van der Waals surface area contributed by atoms with E-state index in [2.05, 4.69) is 17.6 Å². The summed E-state index contributed by atoms with van der Waals surface area (Å²) < 4.78 is 2.28. The third kappa shape index (κ3) is 4.56. The predicted molar refractivity (Wildman–Crippen MR) is 138 cm³/mol. The van der Waals surface area contributed by atoms with Gasteiger partial charge in [0.25, 0.3) is 0 Å². The lowest BCUT2D eigenvalue weighted by atomic mass is 9.95. The number of hydrogen-bond donors (Lipinski definition) is 3. The Bertz CT molecular complexity index is 1130. The van der Waals surface area contributed by atoms with Gasteiger partial charge in [0.2, 0.25) is 5.91 Å². The highest BCUT2D eigenvalue weighted by molar-refractivity contribution is 5.98. The number of benzene rings is 1. The molecule has 2 aromatic rings. The summed E-state index contributed by atoms with van der Waals surface area (Å²) in [5.41, 5.74) is 7.74. The number of nitrogens with zero attached hydrogens (tertiary/aromatic N) is 3. The minimum Gasteiger partial charge on any atom is -0.480 e. The zero-order chi connectivity index (χ0) is 25.3. The molecule has 0 spiro atoms. The molecule has 3 heterocycles. The van der Waals surface area contributed by atoms with Gasteiger partial charge in [-0.3, -0.25) is 19.9 Å². The molecule has 0 saturated carbocycles. The van der Waals surface area contributed by atoms with Crippen molar-refractivity contribution in [2.75, 3.05) is 13.1 Å². The van der Waals surface area contributed by atoms with Crippen LogP contribution >= 0.6 is 0 Å². The van der Waals surface area contributed by atoms with Crippen molar-refractivity contribution in [3.63, 3.8) is 0 Å². The molecule has 2 aliphatic rings. The Morgan fingerprint density at radius 3 is 2.57 bits per heavy atom. The van der Waals surface area contributed by atoms with Crippen molar-refractivity contribution in [3.05, 3.63) is 35.5 Å². The number of nitrogens with two attached hydrogens (primary N) is 1. The van der Waals surface area contributed by atoms with Crippen LogP contribution in [-0.2, 0) is 22.6 Å². The standard InChI is InChI=1S/C27H39N5O3/c1-4-27(3,26(34)35)32-15-7-9-22(32)25(33)31-14-6-8-20(31)12-13-21-16-18-10-11-19(24(28)29)17-23(18)30(21)5-2/h10-11,16-17,20,22H,4-9,12-15H2,1-3H3,(H3,28,29)(H,34,35)/t20-,22+,27?/m0/s1. The molecule has 1 unspecified atom stereocenters. The molecule has 2 fully saturated rings. The van der Waals surface area contributed by atoms with E-state index in [1.807, 2.05) is 34.9 Å². The van der Waals surface area contributed by atoms with Gasteiger partial charge in [-0.2, -0.15) is 0 Å². The lowest BCUT2D eigenvalue weighted by Crippen LogP contribution is -2.58. The fourth-order valence-electron chi connectivity index (χ4n) is 6.08. The third-order valence-electron chi connectivity index (χ3n) is 8.33. The quantitative estimate of drug-likeness (QED) is 0.374. The summed E-state index contributed by atoms with van der Waals surface area (Å²) in [6, 6.07) is 7.94. The number of aryl methyl sites for hydroxylation is 2. The molecular weight excluding hydrogens is 442 g/mol. The highest BCUT2D eigenvalue weighted by atomic mass is 16.4. The number of nitrogen functional groups attached to an aromatic ring is 1. The number of carbonyl (C=O) groups excluding carboxylic acids is 1. The van der Waals surface area contributed by atoms with Crippen molar-refractivity contribution in [2.24, 2.45) is 5.73 Å². The molecule has 35 heavy (non-hydrogen) atoms. The Kier molecular flexibility index (Phi) is 7.22. The second-order valence-corrected chi connectivity index (χ2v) is 10.2. The van der Waals surface area contributed by atoms with Crippen LogP contribution in [0.25, 0.3) is 10.9 Å². The second kappa shape index (κ2) is 10.0. The van der Waals surface area contributed by atoms with E-state index in [9.17, 15) is 14.7 Å². The average Bonchev–Trinajstić information content (AvgIpc) is 3.59. The van der Waals surface area contributed by atoms with E-state index in [-0.39, 0.29) is 23.8 Å². The van der Waals surface area contributed by atoms with Crippen LogP contribution in [0.4, 0.5) is 0 Å². The van der Waals surface area contributed by atoms with E-state index >= 15 is 0 Å². The number of fused-ring (bicyclic) bond motifs is 1. The summed E-state index contributed by atoms with van der Waals surface area (Å²) >= 11 is 0. The van der Waals surface area contributed by atoms with E-state index in [0.717, 1.165) is 68.1 Å². The maximum atomic E-state index is 13.7. The molecule has 1 amide bonds. The summed E-state index contributed by atoms with van der Waals surface area (Å²) in [5, 5.41) is 18.8. The first-order valence-corrected chi connectivity index (χ1v) is 13.0. The van der Waals surface area contributed by atoms with Gasteiger partial charge in [0.15, 0.2) is 0 Å². The summed E-state index contributed by atoms with van der Waals surface area (Å²) in [6.07, 6.45) is 5.79. The summed E-state index contributed by atoms with van der Waals surface area (Å²) in [4.78, 5) is 29.7. The molecule has 8 nitrogen and oxygen atoms in total. The number of aliphatic carboxylic acids is 1. The van der Waals surface area contributed by atoms with Crippen LogP contribution in [-0.4, -0.2) is 67.9 Å². The number of carboxylic acid groups (broad SMARTS) is 1. The van der Waals surface area contributed by atoms with E-state index in [0.29, 0.717) is 13.0 Å². The molecule has 8 heteroatoms. The molecule has 4 N–H and O–H groups in total. The Hall–Kier alpha value is -2.87. The Labute approximate surface area is 207 Å². The first-order valence-electron chi connectivity index (χ1n) is 13.0. The van der Waals surface area contributed by atoms with Crippen LogP contribution in [0, 0.1) is 5.41 Å². The van der Waals surface area contributed by atoms with Crippen LogP contribution < -0.4 is 5.73 Å². The van der Waals surface area contributed by atoms with Crippen LogP contribution in [0.2, 0.25) is 0 Å². The molecule has 0 aliphatic carbocycles. The van der Waals surface area contributed by atoms with Crippen molar-refractivity contribution in [1.29, 1.82) is 5.41 Å². The summed E-state index contributed by atoms with van der Waals surface area (Å²) in [7, 11) is 0. The number of aromatic nitrogens is 1. The minimum absolute atomic E-state index is 0.0699. The minimum atomic E-state index is -1.01. The Morgan fingerprint density at radius 1 is 1.17 bits per heavy atom. The normalized spacial score (nSPS) is 22.5. The lowest BCUT2D eigenvalue weighted by Gasteiger charge is -2.40. The highest BCUT2D eigenvalue weighted by Gasteiger charge is 2.48. The van der Waals surface area contributed by atoms with Crippen LogP contribution in [0.1, 0.15) is 70.6 Å². The number of carbonyl (C=O) groups is 2. The second-order valence-electron chi connectivity index (χ2n) is 10.2. The van der Waals surface area contributed by atoms with Crippen molar-refractivity contribution in [2.45, 2.75) is 89.9 Å². The maximum Gasteiger partial charge on any atom is 0.323 e. The predicted octanol–water partition coefficient (Wildman–Crippen LogP) is 3.59. The molecule has 2 aliphatic heterocycles. The number of amides is 1. The summed E-state index contributed by atoms with van der Waals surface area (Å²) in [6.45, 7) is 8.00. The molecule has 0 bridgehead atoms. The van der Waals surface area contributed by atoms with Gasteiger partial charge in [0.05, 0.1) is 6.04 Å². The van der Waals surface area contributed by atoms with E-state index in [1.54, 1.807) is 6.92 Å². The fraction of sp³-hybridized carbons (Fsp3) is 0.593. The van der Waals surface area contributed by atoms with Crippen LogP contribution in [0.5, 0.6) is 0 Å². The number of amidine groups is 1. The zero-order valence-electron chi connectivity index (χ0n) is 21.2. The van der Waals surface area contributed by atoms with Crippen LogP contribution in [0.15, 0.2) is 24.3 Å². The third-order valence-corrected chi connectivity index (χ3v) is 8.33. The van der Waals surface area contributed by atoms with Crippen molar-refractivity contribution in [1.82, 2.24) is 14.4 Å². The van der Waals surface area contributed by atoms with E-state index < -0.39 is 11.5 Å². The van der Waals surface area contributed by atoms with Crippen LogP contribution in [0.3, 0.4) is 0 Å². The van der Waals surface area contributed by atoms with Crippen molar-refractivity contribution in [3.8, 4) is 0 Å². The number of likely N-dealkylation sites (tertiary alicyclic amines) is 2. The van der Waals surface area contributed by atoms with Crippen molar-refractivity contribution >= 4 is 28.6 Å². The zero-order valence-corrected chi connectivity index (χ0v) is 21.2. The van der Waals surface area contributed by atoms with Gasteiger partial charge in [-0.1, -0.05) is 19.1 Å².